The molecular formula is C16H27NOS. The third kappa shape index (κ3) is 5.98. The van der Waals surface area contributed by atoms with Crippen LogP contribution in [0.5, 0.6) is 0 Å². The molecule has 0 bridgehead atoms. The molecule has 0 heterocycles. The molecule has 0 aliphatic carbocycles. The monoisotopic (exact) mass is 281 g/mol. The van der Waals surface area contributed by atoms with Crippen molar-refractivity contribution in [3.05, 3.63) is 29.8 Å². The van der Waals surface area contributed by atoms with Crippen molar-refractivity contribution in [2.24, 2.45) is 0 Å². The van der Waals surface area contributed by atoms with Gasteiger partial charge in [0.2, 0.25) is 0 Å². The number of nitrogens with one attached hydrogen (secondary N) is 1. The average Bonchev–Trinajstić information content (AvgIpc) is 2.36. The Morgan fingerprint density at radius 3 is 2.32 bits per heavy atom. The van der Waals surface area contributed by atoms with Crippen LogP contribution >= 0.6 is 11.8 Å². The lowest BCUT2D eigenvalue weighted by molar-refractivity contribution is 0.174. The van der Waals surface area contributed by atoms with Crippen LogP contribution in [0.25, 0.3) is 0 Å². The summed E-state index contributed by atoms with van der Waals surface area (Å²) in [6.07, 6.45) is 0. The van der Waals surface area contributed by atoms with Crippen LogP contribution in [0.2, 0.25) is 0 Å². The van der Waals surface area contributed by atoms with Crippen molar-refractivity contribution in [2.45, 2.75) is 44.0 Å². The maximum absolute atomic E-state index is 5.23. The van der Waals surface area contributed by atoms with E-state index >= 15 is 0 Å². The number of rotatable bonds is 7. The maximum atomic E-state index is 5.23. The van der Waals surface area contributed by atoms with Gasteiger partial charge in [-0.15, -0.1) is 11.8 Å². The highest BCUT2D eigenvalue weighted by Gasteiger charge is 2.13. The minimum atomic E-state index is 0.228. The Labute approximate surface area is 122 Å². The van der Waals surface area contributed by atoms with Crippen molar-refractivity contribution in [2.75, 3.05) is 26.0 Å². The Morgan fingerprint density at radius 2 is 1.84 bits per heavy atom. The smallest absolute Gasteiger partial charge is 0.0624 e. The van der Waals surface area contributed by atoms with Crippen LogP contribution in [-0.2, 0) is 10.2 Å². The van der Waals surface area contributed by atoms with E-state index in [2.05, 4.69) is 57.3 Å². The van der Waals surface area contributed by atoms with Crippen LogP contribution in [0, 0.1) is 0 Å². The molecule has 0 amide bonds. The largest absolute Gasteiger partial charge is 0.383 e. The highest BCUT2D eigenvalue weighted by atomic mass is 32.2. The quantitative estimate of drug-likeness (QED) is 0.770. The fourth-order valence-electron chi connectivity index (χ4n) is 1.90. The van der Waals surface area contributed by atoms with Gasteiger partial charge in [-0.25, -0.2) is 0 Å². The van der Waals surface area contributed by atoms with E-state index in [0.29, 0.717) is 6.04 Å². The van der Waals surface area contributed by atoms with Gasteiger partial charge in [0.15, 0.2) is 0 Å². The second kappa shape index (κ2) is 7.93. The number of methoxy groups -OCH3 is 1. The summed E-state index contributed by atoms with van der Waals surface area (Å²) in [6.45, 7) is 10.6. The highest BCUT2D eigenvalue weighted by molar-refractivity contribution is 7.99. The second-order valence-corrected chi connectivity index (χ2v) is 6.89. The third-order valence-electron chi connectivity index (χ3n) is 3.03. The van der Waals surface area contributed by atoms with Crippen LogP contribution in [0.4, 0.5) is 0 Å². The van der Waals surface area contributed by atoms with Gasteiger partial charge < -0.3 is 10.1 Å². The van der Waals surface area contributed by atoms with Crippen molar-refractivity contribution >= 4 is 11.8 Å². The molecule has 1 N–H and O–H groups in total. The summed E-state index contributed by atoms with van der Waals surface area (Å²) in [6, 6.07) is 9.34. The van der Waals surface area contributed by atoms with Crippen molar-refractivity contribution in [1.82, 2.24) is 5.32 Å². The SMILES string of the molecule is CCNC(COC)CSc1ccc(C(C)(C)C)cc1. The van der Waals surface area contributed by atoms with Crippen LogP contribution in [0.15, 0.2) is 29.2 Å². The lowest BCUT2D eigenvalue weighted by Crippen LogP contribution is -2.35. The van der Waals surface area contributed by atoms with Crippen molar-refractivity contribution in [3.63, 3.8) is 0 Å². The Hall–Kier alpha value is -0.510. The average molecular weight is 281 g/mol. The molecule has 0 spiro atoms. The Kier molecular flexibility index (Phi) is 6.90. The highest BCUT2D eigenvalue weighted by Crippen LogP contribution is 2.25. The Balaban J connectivity index is 2.53. The first kappa shape index (κ1) is 16.5. The number of benzene rings is 1. The van der Waals surface area contributed by atoms with E-state index in [1.807, 2.05) is 11.8 Å². The van der Waals surface area contributed by atoms with Gasteiger partial charge in [-0.3, -0.25) is 0 Å². The predicted octanol–water partition coefficient (Wildman–Crippen LogP) is 3.70. The van der Waals surface area contributed by atoms with Crippen LogP contribution in [0.3, 0.4) is 0 Å². The molecule has 108 valence electrons. The lowest BCUT2D eigenvalue weighted by Gasteiger charge is -2.19. The number of hydrogen-bond acceptors (Lipinski definition) is 3. The summed E-state index contributed by atoms with van der Waals surface area (Å²) in [5, 5.41) is 3.44. The van der Waals surface area contributed by atoms with Gasteiger partial charge in [0.1, 0.15) is 0 Å². The molecular weight excluding hydrogens is 254 g/mol. The van der Waals surface area contributed by atoms with Crippen molar-refractivity contribution in [3.8, 4) is 0 Å². The van der Waals surface area contributed by atoms with Crippen molar-refractivity contribution < 1.29 is 4.74 Å². The first-order valence-electron chi connectivity index (χ1n) is 6.93. The van der Waals surface area contributed by atoms with Gasteiger partial charge in [0.25, 0.3) is 0 Å². The zero-order chi connectivity index (χ0) is 14.3. The molecule has 0 aliphatic rings. The first-order valence-corrected chi connectivity index (χ1v) is 7.91. The summed E-state index contributed by atoms with van der Waals surface area (Å²) >= 11 is 1.89. The Morgan fingerprint density at radius 1 is 1.21 bits per heavy atom. The van der Waals surface area contributed by atoms with Crippen LogP contribution in [-0.4, -0.2) is 32.1 Å². The van der Waals surface area contributed by atoms with Crippen molar-refractivity contribution in [1.29, 1.82) is 0 Å². The summed E-state index contributed by atoms with van der Waals surface area (Å²) < 4.78 is 5.23. The van der Waals surface area contributed by atoms with E-state index in [0.717, 1.165) is 18.9 Å². The standard InChI is InChI=1S/C16H27NOS/c1-6-17-14(11-18-5)12-19-15-9-7-13(8-10-15)16(2,3)4/h7-10,14,17H,6,11-12H2,1-5H3. The van der Waals surface area contributed by atoms with E-state index in [1.165, 1.54) is 10.5 Å². The molecule has 1 rings (SSSR count). The van der Waals surface area contributed by atoms with Gasteiger partial charge in [-0.05, 0) is 29.7 Å². The molecule has 0 aliphatic heterocycles. The summed E-state index contributed by atoms with van der Waals surface area (Å²) in [4.78, 5) is 1.33. The van der Waals surface area contributed by atoms with E-state index < -0.39 is 0 Å². The molecule has 1 aromatic carbocycles. The minimum Gasteiger partial charge on any atom is -0.383 e. The summed E-state index contributed by atoms with van der Waals surface area (Å²) in [7, 11) is 1.76. The van der Waals surface area contributed by atoms with Gasteiger partial charge in [-0.2, -0.15) is 0 Å². The fraction of sp³-hybridized carbons (Fsp3) is 0.625. The molecule has 1 aromatic rings. The maximum Gasteiger partial charge on any atom is 0.0624 e. The zero-order valence-electron chi connectivity index (χ0n) is 12.8. The molecule has 0 saturated carbocycles. The fourth-order valence-corrected chi connectivity index (χ4v) is 2.84. The number of likely N-dealkylation sites (N-methyl/N-ethyl adjacent to an activating group) is 1. The topological polar surface area (TPSA) is 21.3 Å². The van der Waals surface area contributed by atoms with Gasteiger partial charge in [0.05, 0.1) is 6.61 Å². The molecule has 0 aromatic heterocycles. The normalized spacial score (nSPS) is 13.5. The molecule has 3 heteroatoms. The molecule has 0 fully saturated rings. The van der Waals surface area contributed by atoms with E-state index in [9.17, 15) is 0 Å². The molecule has 1 atom stereocenters. The van der Waals surface area contributed by atoms with Gasteiger partial charge in [0, 0.05) is 23.8 Å². The Bertz CT molecular complexity index is 350. The first-order chi connectivity index (χ1) is 8.97. The predicted molar refractivity (Wildman–Crippen MR) is 85.2 cm³/mol. The van der Waals surface area contributed by atoms with E-state index in [4.69, 9.17) is 4.74 Å². The molecule has 0 radical (unpaired) electrons. The summed E-state index contributed by atoms with van der Waals surface area (Å²) in [5.74, 6) is 1.04. The number of ether oxygens (including phenoxy) is 1. The van der Waals surface area contributed by atoms with E-state index in [-0.39, 0.29) is 5.41 Å². The third-order valence-corrected chi connectivity index (χ3v) is 4.21. The molecule has 19 heavy (non-hydrogen) atoms. The zero-order valence-corrected chi connectivity index (χ0v) is 13.6. The lowest BCUT2D eigenvalue weighted by atomic mass is 9.87. The van der Waals surface area contributed by atoms with Crippen LogP contribution < -0.4 is 5.32 Å². The summed E-state index contributed by atoms with van der Waals surface area (Å²) in [5.41, 5.74) is 1.61. The van der Waals surface area contributed by atoms with Crippen LogP contribution in [0.1, 0.15) is 33.3 Å². The second-order valence-electron chi connectivity index (χ2n) is 5.80. The van der Waals surface area contributed by atoms with Gasteiger partial charge >= 0.3 is 0 Å². The van der Waals surface area contributed by atoms with Gasteiger partial charge in [-0.1, -0.05) is 39.8 Å². The molecule has 2 nitrogen and oxygen atoms in total. The minimum absolute atomic E-state index is 0.228. The molecule has 1 unspecified atom stereocenters. The van der Waals surface area contributed by atoms with E-state index in [1.54, 1.807) is 7.11 Å². The number of hydrogen-bond donors (Lipinski definition) is 1. The number of thioether (sulfide) groups is 1. The molecule has 0 saturated heterocycles.